The Balaban J connectivity index is 2.62. The fourth-order valence-electron chi connectivity index (χ4n) is 2.12. The SMILES string of the molecule is CC(Oc1cccc(C#N)c1)C(=O)NC(CO)CC(C)(C)C. The van der Waals surface area contributed by atoms with Crippen LogP contribution in [0.3, 0.4) is 0 Å². The first-order valence-electron chi connectivity index (χ1n) is 7.33. The summed E-state index contributed by atoms with van der Waals surface area (Å²) in [5, 5.41) is 21.0. The topological polar surface area (TPSA) is 82.3 Å². The van der Waals surface area contributed by atoms with Crippen LogP contribution >= 0.6 is 0 Å². The predicted molar refractivity (Wildman–Crippen MR) is 84.3 cm³/mol. The van der Waals surface area contributed by atoms with Crippen molar-refractivity contribution in [2.75, 3.05) is 6.61 Å². The van der Waals surface area contributed by atoms with E-state index in [4.69, 9.17) is 10.00 Å². The number of nitrogens with zero attached hydrogens (tertiary/aromatic N) is 1. The molecule has 0 bridgehead atoms. The van der Waals surface area contributed by atoms with Crippen LogP contribution in [0.1, 0.15) is 39.7 Å². The molecule has 5 heteroatoms. The third-order valence-corrected chi connectivity index (χ3v) is 3.07. The molecular formula is C17H24N2O3. The lowest BCUT2D eigenvalue weighted by Crippen LogP contribution is -2.45. The molecule has 2 N–H and O–H groups in total. The fourth-order valence-corrected chi connectivity index (χ4v) is 2.12. The van der Waals surface area contributed by atoms with Gasteiger partial charge in [-0.15, -0.1) is 0 Å². The Morgan fingerprint density at radius 1 is 1.45 bits per heavy atom. The van der Waals surface area contributed by atoms with E-state index in [-0.39, 0.29) is 24.0 Å². The molecule has 0 aliphatic carbocycles. The summed E-state index contributed by atoms with van der Waals surface area (Å²) in [6, 6.07) is 8.38. The van der Waals surface area contributed by atoms with Crippen LogP contribution in [-0.2, 0) is 4.79 Å². The molecule has 0 aromatic heterocycles. The number of rotatable bonds is 6. The molecule has 1 rings (SSSR count). The standard InChI is InChI=1S/C17H24N2O3/c1-12(22-15-7-5-6-13(8-15)10-18)16(21)19-14(11-20)9-17(2,3)4/h5-8,12,14,20H,9,11H2,1-4H3,(H,19,21). The highest BCUT2D eigenvalue weighted by atomic mass is 16.5. The zero-order valence-electron chi connectivity index (χ0n) is 13.6. The molecule has 1 aromatic rings. The summed E-state index contributed by atoms with van der Waals surface area (Å²) in [5.74, 6) is 0.184. The van der Waals surface area contributed by atoms with Crippen LogP contribution < -0.4 is 10.1 Å². The van der Waals surface area contributed by atoms with Crippen molar-refractivity contribution >= 4 is 5.91 Å². The van der Waals surface area contributed by atoms with E-state index in [2.05, 4.69) is 26.1 Å². The highest BCUT2D eigenvalue weighted by Gasteiger charge is 2.23. The molecule has 1 amide bonds. The van der Waals surface area contributed by atoms with Crippen LogP contribution in [-0.4, -0.2) is 29.8 Å². The molecule has 120 valence electrons. The molecule has 0 radical (unpaired) electrons. The van der Waals surface area contributed by atoms with Gasteiger partial charge in [0, 0.05) is 0 Å². The van der Waals surface area contributed by atoms with Gasteiger partial charge in [0.25, 0.3) is 5.91 Å². The van der Waals surface area contributed by atoms with Gasteiger partial charge in [0.05, 0.1) is 24.3 Å². The van der Waals surface area contributed by atoms with Gasteiger partial charge in [0.2, 0.25) is 0 Å². The Labute approximate surface area is 131 Å². The maximum atomic E-state index is 12.1. The Morgan fingerprint density at radius 3 is 2.68 bits per heavy atom. The fraction of sp³-hybridized carbons (Fsp3) is 0.529. The first-order chi connectivity index (χ1) is 10.2. The summed E-state index contributed by atoms with van der Waals surface area (Å²) >= 11 is 0. The van der Waals surface area contributed by atoms with E-state index in [1.165, 1.54) is 0 Å². The van der Waals surface area contributed by atoms with E-state index in [0.29, 0.717) is 17.7 Å². The Hall–Kier alpha value is -2.06. The molecule has 0 spiro atoms. The minimum Gasteiger partial charge on any atom is -0.481 e. The number of amides is 1. The lowest BCUT2D eigenvalue weighted by Gasteiger charge is -2.26. The first-order valence-corrected chi connectivity index (χ1v) is 7.33. The van der Waals surface area contributed by atoms with E-state index < -0.39 is 6.10 Å². The van der Waals surface area contributed by atoms with Gasteiger partial charge in [-0.1, -0.05) is 26.8 Å². The minimum atomic E-state index is -0.706. The van der Waals surface area contributed by atoms with Crippen molar-refractivity contribution in [2.24, 2.45) is 5.41 Å². The van der Waals surface area contributed by atoms with Crippen molar-refractivity contribution < 1.29 is 14.6 Å². The van der Waals surface area contributed by atoms with Crippen molar-refractivity contribution in [3.63, 3.8) is 0 Å². The van der Waals surface area contributed by atoms with Gasteiger partial charge in [-0.05, 0) is 37.0 Å². The third kappa shape index (κ3) is 6.15. The number of hydrogen-bond donors (Lipinski definition) is 2. The number of aliphatic hydroxyl groups is 1. The van der Waals surface area contributed by atoms with Gasteiger partial charge in [0.1, 0.15) is 5.75 Å². The van der Waals surface area contributed by atoms with Gasteiger partial charge < -0.3 is 15.2 Å². The lowest BCUT2D eigenvalue weighted by molar-refractivity contribution is -0.128. The third-order valence-electron chi connectivity index (χ3n) is 3.07. The number of hydrogen-bond acceptors (Lipinski definition) is 4. The summed E-state index contributed by atoms with van der Waals surface area (Å²) in [5.41, 5.74) is 0.484. The van der Waals surface area contributed by atoms with Crippen LogP contribution in [0.4, 0.5) is 0 Å². The van der Waals surface area contributed by atoms with Crippen molar-refractivity contribution in [3.8, 4) is 11.8 Å². The predicted octanol–water partition coefficient (Wildman–Crippen LogP) is 2.24. The molecule has 0 aliphatic rings. The second-order valence-electron chi connectivity index (χ2n) is 6.55. The zero-order chi connectivity index (χ0) is 16.8. The molecule has 2 atom stereocenters. The van der Waals surface area contributed by atoms with E-state index in [1.807, 2.05) is 6.07 Å². The molecule has 0 aliphatic heterocycles. The quantitative estimate of drug-likeness (QED) is 0.844. The van der Waals surface area contributed by atoms with E-state index in [9.17, 15) is 9.90 Å². The van der Waals surface area contributed by atoms with Gasteiger partial charge in [-0.25, -0.2) is 0 Å². The molecule has 0 saturated carbocycles. The molecule has 1 aromatic carbocycles. The van der Waals surface area contributed by atoms with E-state index in [1.54, 1.807) is 31.2 Å². The number of carbonyl (C=O) groups is 1. The molecular weight excluding hydrogens is 280 g/mol. The second kappa shape index (κ2) is 7.81. The summed E-state index contributed by atoms with van der Waals surface area (Å²) < 4.78 is 5.55. The molecule has 5 nitrogen and oxygen atoms in total. The highest BCUT2D eigenvalue weighted by Crippen LogP contribution is 2.21. The maximum Gasteiger partial charge on any atom is 0.261 e. The number of aliphatic hydroxyl groups excluding tert-OH is 1. The first kappa shape index (κ1) is 18.0. The van der Waals surface area contributed by atoms with Crippen LogP contribution in [0.15, 0.2) is 24.3 Å². The summed E-state index contributed by atoms with van der Waals surface area (Å²) in [6.45, 7) is 7.68. The number of nitriles is 1. The Morgan fingerprint density at radius 2 is 2.14 bits per heavy atom. The molecule has 0 heterocycles. The molecule has 2 unspecified atom stereocenters. The van der Waals surface area contributed by atoms with Crippen LogP contribution in [0.2, 0.25) is 0 Å². The van der Waals surface area contributed by atoms with Crippen molar-refractivity contribution in [1.82, 2.24) is 5.32 Å². The molecule has 22 heavy (non-hydrogen) atoms. The van der Waals surface area contributed by atoms with Crippen molar-refractivity contribution in [2.45, 2.75) is 46.3 Å². The largest absolute Gasteiger partial charge is 0.481 e. The van der Waals surface area contributed by atoms with Crippen molar-refractivity contribution in [1.29, 1.82) is 5.26 Å². The average molecular weight is 304 g/mol. The summed E-state index contributed by atoms with van der Waals surface area (Å²) in [7, 11) is 0. The number of carbonyl (C=O) groups excluding carboxylic acids is 1. The minimum absolute atomic E-state index is 0.00585. The van der Waals surface area contributed by atoms with Crippen LogP contribution in [0.5, 0.6) is 5.75 Å². The normalized spacial score (nSPS) is 13.8. The maximum absolute atomic E-state index is 12.1. The second-order valence-corrected chi connectivity index (χ2v) is 6.55. The van der Waals surface area contributed by atoms with Crippen molar-refractivity contribution in [3.05, 3.63) is 29.8 Å². The number of ether oxygens (including phenoxy) is 1. The van der Waals surface area contributed by atoms with E-state index >= 15 is 0 Å². The van der Waals surface area contributed by atoms with Gasteiger partial charge in [0.15, 0.2) is 6.10 Å². The van der Waals surface area contributed by atoms with Crippen LogP contribution in [0, 0.1) is 16.7 Å². The highest BCUT2D eigenvalue weighted by molar-refractivity contribution is 5.81. The van der Waals surface area contributed by atoms with Gasteiger partial charge in [-0.3, -0.25) is 4.79 Å². The van der Waals surface area contributed by atoms with Gasteiger partial charge >= 0.3 is 0 Å². The average Bonchev–Trinajstić information content (AvgIpc) is 2.45. The number of benzene rings is 1. The monoisotopic (exact) mass is 304 g/mol. The molecule has 0 fully saturated rings. The lowest BCUT2D eigenvalue weighted by atomic mass is 9.88. The van der Waals surface area contributed by atoms with Gasteiger partial charge in [-0.2, -0.15) is 5.26 Å². The summed E-state index contributed by atoms with van der Waals surface area (Å²) in [6.07, 6.45) is -0.0331. The summed E-state index contributed by atoms with van der Waals surface area (Å²) in [4.78, 5) is 12.1. The molecule has 0 saturated heterocycles. The van der Waals surface area contributed by atoms with Crippen LogP contribution in [0.25, 0.3) is 0 Å². The Kier molecular flexibility index (Phi) is 6.39. The smallest absolute Gasteiger partial charge is 0.261 e. The Bertz CT molecular complexity index is 544. The van der Waals surface area contributed by atoms with E-state index in [0.717, 1.165) is 0 Å². The zero-order valence-corrected chi connectivity index (χ0v) is 13.6. The number of nitrogens with one attached hydrogen (secondary N) is 1.